The second-order valence-electron chi connectivity index (χ2n) is 9.00. The van der Waals surface area contributed by atoms with E-state index in [-0.39, 0.29) is 17.4 Å². The van der Waals surface area contributed by atoms with Gasteiger partial charge >= 0.3 is 0 Å². The van der Waals surface area contributed by atoms with Gasteiger partial charge in [-0.2, -0.15) is 0 Å². The van der Waals surface area contributed by atoms with Crippen molar-refractivity contribution in [3.05, 3.63) is 23.6 Å². The van der Waals surface area contributed by atoms with E-state index in [2.05, 4.69) is 24.8 Å². The van der Waals surface area contributed by atoms with Gasteiger partial charge in [-0.1, -0.05) is 24.5 Å². The number of rotatable bonds is 0. The molecule has 0 saturated heterocycles. The Hall–Kier alpha value is -1.11. The Morgan fingerprint density at radius 2 is 2.08 bits per heavy atom. The van der Waals surface area contributed by atoms with Crippen molar-refractivity contribution in [2.24, 2.45) is 29.1 Å². The highest BCUT2D eigenvalue weighted by atomic mass is 19.1. The largest absolute Gasteiger partial charge is 0.393 e. The van der Waals surface area contributed by atoms with Gasteiger partial charge in [0.25, 0.3) is 0 Å². The third-order valence-corrected chi connectivity index (χ3v) is 7.78. The summed E-state index contributed by atoms with van der Waals surface area (Å²) in [7, 11) is 0. The van der Waals surface area contributed by atoms with Gasteiger partial charge in [0, 0.05) is 11.8 Å². The average Bonchev–Trinajstić information content (AvgIpc) is 2.88. The molecule has 25 heavy (non-hydrogen) atoms. The molecule has 0 aromatic carbocycles. The minimum atomic E-state index is -0.907. The number of fused-ring (bicyclic) bond motifs is 5. The van der Waals surface area contributed by atoms with Gasteiger partial charge < -0.3 is 10.2 Å². The summed E-state index contributed by atoms with van der Waals surface area (Å²) in [4.78, 5) is 0. The van der Waals surface area contributed by atoms with E-state index in [0.29, 0.717) is 37.0 Å². The van der Waals surface area contributed by atoms with Crippen LogP contribution >= 0.6 is 0 Å². The maximum Gasteiger partial charge on any atom is 0.129 e. The van der Waals surface area contributed by atoms with E-state index >= 15 is 0 Å². The Morgan fingerprint density at radius 1 is 1.28 bits per heavy atom. The summed E-state index contributed by atoms with van der Waals surface area (Å²) < 4.78 is 13.9. The van der Waals surface area contributed by atoms with Gasteiger partial charge in [-0.3, -0.25) is 0 Å². The predicted molar refractivity (Wildman–Crippen MR) is 96.1 cm³/mol. The highest BCUT2D eigenvalue weighted by Crippen LogP contribution is 2.63. The maximum atomic E-state index is 13.9. The zero-order valence-electron chi connectivity index (χ0n) is 15.3. The zero-order chi connectivity index (χ0) is 17.8. The van der Waals surface area contributed by atoms with Crippen LogP contribution in [0, 0.1) is 40.9 Å². The van der Waals surface area contributed by atoms with Crippen LogP contribution in [0.2, 0.25) is 0 Å². The van der Waals surface area contributed by atoms with Crippen molar-refractivity contribution in [2.45, 2.75) is 70.5 Å². The summed E-state index contributed by atoms with van der Waals surface area (Å²) in [5, 5.41) is 21.3. The first-order chi connectivity index (χ1) is 11.9. The van der Waals surface area contributed by atoms with Crippen molar-refractivity contribution < 1.29 is 14.6 Å². The standard InChI is InChI=1S/C22H29FO2/c1-3-9-22(25)10-8-16-14(12-22)4-5-17-18-6-7-19(24)21(18,2)11-15(13-23)20(16)17/h4,13,16-20,24-25H,5-8,10-12H2,1-2H3/t16-,17-,18-,19-,20+,21-,22-/m0/s1. The van der Waals surface area contributed by atoms with Crippen LogP contribution in [0.25, 0.3) is 0 Å². The van der Waals surface area contributed by atoms with Crippen molar-refractivity contribution in [1.82, 2.24) is 0 Å². The average molecular weight is 344 g/mol. The van der Waals surface area contributed by atoms with E-state index in [1.165, 1.54) is 5.57 Å². The SMILES string of the molecule is CC#C[C@]1(O)CC[C@H]2C(=CC[C@@H]3[C@@H]2C(=CF)C[C@]2(C)[C@@H](O)CC[C@@H]32)C1. The zero-order valence-corrected chi connectivity index (χ0v) is 15.3. The van der Waals surface area contributed by atoms with Crippen LogP contribution in [0.5, 0.6) is 0 Å². The van der Waals surface area contributed by atoms with Gasteiger partial charge in [-0.15, -0.1) is 5.92 Å². The second-order valence-corrected chi connectivity index (χ2v) is 9.00. The molecule has 3 fully saturated rings. The molecule has 0 unspecified atom stereocenters. The topological polar surface area (TPSA) is 40.5 Å². The van der Waals surface area contributed by atoms with E-state index in [9.17, 15) is 14.6 Å². The van der Waals surface area contributed by atoms with Crippen LogP contribution in [0.4, 0.5) is 4.39 Å². The second kappa shape index (κ2) is 5.96. The Labute approximate surface area is 150 Å². The molecule has 7 atom stereocenters. The molecule has 0 aliphatic heterocycles. The molecule has 0 amide bonds. The van der Waals surface area contributed by atoms with E-state index < -0.39 is 5.60 Å². The van der Waals surface area contributed by atoms with Gasteiger partial charge in [0.2, 0.25) is 0 Å². The smallest absolute Gasteiger partial charge is 0.129 e. The van der Waals surface area contributed by atoms with Crippen molar-refractivity contribution >= 4 is 0 Å². The summed E-state index contributed by atoms with van der Waals surface area (Å²) >= 11 is 0. The van der Waals surface area contributed by atoms with Crippen molar-refractivity contribution in [3.63, 3.8) is 0 Å². The van der Waals surface area contributed by atoms with Crippen LogP contribution in [0.3, 0.4) is 0 Å². The lowest BCUT2D eigenvalue weighted by Gasteiger charge is -2.54. The van der Waals surface area contributed by atoms with Crippen LogP contribution in [0.15, 0.2) is 23.6 Å². The van der Waals surface area contributed by atoms with Crippen molar-refractivity contribution in [1.29, 1.82) is 0 Å². The molecule has 0 bridgehead atoms. The molecule has 136 valence electrons. The fourth-order valence-corrected chi connectivity index (χ4v) is 6.66. The molecule has 3 saturated carbocycles. The number of aliphatic hydroxyl groups is 2. The van der Waals surface area contributed by atoms with E-state index in [0.717, 1.165) is 37.6 Å². The Morgan fingerprint density at radius 3 is 2.80 bits per heavy atom. The van der Waals surface area contributed by atoms with Crippen molar-refractivity contribution in [3.8, 4) is 11.8 Å². The molecule has 0 spiro atoms. The maximum absolute atomic E-state index is 13.9. The lowest BCUT2D eigenvalue weighted by Crippen LogP contribution is -2.49. The monoisotopic (exact) mass is 344 g/mol. The van der Waals surface area contributed by atoms with Gasteiger partial charge in [0.05, 0.1) is 12.4 Å². The van der Waals surface area contributed by atoms with E-state index in [1.807, 2.05) is 0 Å². The first kappa shape index (κ1) is 17.3. The van der Waals surface area contributed by atoms with Crippen molar-refractivity contribution in [2.75, 3.05) is 0 Å². The molecule has 0 heterocycles. The van der Waals surface area contributed by atoms with Crippen LogP contribution in [-0.4, -0.2) is 21.9 Å². The fourth-order valence-electron chi connectivity index (χ4n) is 6.66. The number of allylic oxidation sites excluding steroid dienone is 2. The highest BCUT2D eigenvalue weighted by molar-refractivity contribution is 5.32. The van der Waals surface area contributed by atoms with Gasteiger partial charge in [-0.05, 0) is 74.7 Å². The van der Waals surface area contributed by atoms with Crippen LogP contribution in [0.1, 0.15) is 58.8 Å². The third kappa shape index (κ3) is 2.53. The summed E-state index contributed by atoms with van der Waals surface area (Å²) in [6.45, 7) is 3.93. The lowest BCUT2D eigenvalue weighted by molar-refractivity contribution is -0.0277. The molecule has 4 aliphatic carbocycles. The number of halogens is 1. The first-order valence-corrected chi connectivity index (χ1v) is 9.74. The summed E-state index contributed by atoms with van der Waals surface area (Å²) in [6.07, 6.45) is 8.50. The minimum Gasteiger partial charge on any atom is -0.393 e. The molecule has 0 radical (unpaired) electrons. The summed E-state index contributed by atoms with van der Waals surface area (Å²) in [5.74, 6) is 7.33. The minimum absolute atomic E-state index is 0.173. The molecule has 0 aromatic rings. The molecule has 3 heteroatoms. The molecular formula is C22H29FO2. The molecule has 0 aromatic heterocycles. The normalized spacial score (nSPS) is 50.2. The molecule has 4 rings (SSSR count). The van der Waals surface area contributed by atoms with Gasteiger partial charge in [0.1, 0.15) is 5.60 Å². The Bertz CT molecular complexity index is 684. The Kier molecular flexibility index (Phi) is 4.13. The first-order valence-electron chi connectivity index (χ1n) is 9.74. The summed E-state index contributed by atoms with van der Waals surface area (Å²) in [6, 6.07) is 0. The van der Waals surface area contributed by atoms with Gasteiger partial charge in [-0.25, -0.2) is 4.39 Å². The summed E-state index contributed by atoms with van der Waals surface area (Å²) in [5.41, 5.74) is 1.09. The number of hydrogen-bond acceptors (Lipinski definition) is 2. The molecule has 2 nitrogen and oxygen atoms in total. The predicted octanol–water partition coefficient (Wildman–Crippen LogP) is 4.14. The fraction of sp³-hybridized carbons (Fsp3) is 0.727. The van der Waals surface area contributed by atoms with E-state index in [4.69, 9.17) is 0 Å². The molecular weight excluding hydrogens is 315 g/mol. The van der Waals surface area contributed by atoms with E-state index in [1.54, 1.807) is 6.92 Å². The van der Waals surface area contributed by atoms with Crippen LogP contribution in [-0.2, 0) is 0 Å². The lowest BCUT2D eigenvalue weighted by atomic mass is 9.51. The number of hydrogen-bond donors (Lipinski definition) is 2. The molecule has 2 N–H and O–H groups in total. The molecule has 4 aliphatic rings. The van der Waals surface area contributed by atoms with Crippen LogP contribution < -0.4 is 0 Å². The quantitative estimate of drug-likeness (QED) is 0.512. The van der Waals surface area contributed by atoms with Gasteiger partial charge in [0.15, 0.2) is 0 Å². The third-order valence-electron chi connectivity index (χ3n) is 7.78. The number of aliphatic hydroxyl groups excluding tert-OH is 1. The Balaban J connectivity index is 1.69. The highest BCUT2D eigenvalue weighted by Gasteiger charge is 2.57.